The molecule has 0 spiro atoms. The summed E-state index contributed by atoms with van der Waals surface area (Å²) in [5.41, 5.74) is 10.7. The Morgan fingerprint density at radius 3 is 2.88 bits per heavy atom. The van der Waals surface area contributed by atoms with E-state index in [1.54, 1.807) is 18.2 Å². The summed E-state index contributed by atoms with van der Waals surface area (Å²) < 4.78 is 10.6. The standard InChI is InChI=1S/C22H28N8O4/c1-30-12-4-5-13(30)9-11-26-21(32)22-28-20(29-34-22)14-6-3-7-16(18(14)33-2)27-15(8-10-23)17(24)19(25)31/h3,6-8,10,13,24H,4-5,9,11-12,23H2,1-2H3,(H2,25,31)(H,26,32)/b10-8-,24-17?,27-15?. The topological polar surface area (TPSA) is 186 Å². The van der Waals surface area contributed by atoms with Crippen LogP contribution in [-0.4, -0.2) is 71.6 Å². The molecule has 0 aliphatic carbocycles. The molecular weight excluding hydrogens is 440 g/mol. The van der Waals surface area contributed by atoms with Crippen molar-refractivity contribution in [1.82, 2.24) is 20.4 Å². The Morgan fingerprint density at radius 2 is 2.24 bits per heavy atom. The third-order valence-electron chi connectivity index (χ3n) is 5.49. The van der Waals surface area contributed by atoms with Crippen LogP contribution in [0, 0.1) is 5.41 Å². The van der Waals surface area contributed by atoms with Crippen molar-refractivity contribution >= 4 is 28.9 Å². The van der Waals surface area contributed by atoms with Gasteiger partial charge in [0.2, 0.25) is 5.82 Å². The number of primary amides is 1. The number of nitrogens with one attached hydrogen (secondary N) is 2. The first-order chi connectivity index (χ1) is 16.3. The van der Waals surface area contributed by atoms with Gasteiger partial charge in [-0.3, -0.25) is 15.0 Å². The van der Waals surface area contributed by atoms with Gasteiger partial charge in [-0.05, 0) is 57.3 Å². The molecule has 0 radical (unpaired) electrons. The molecule has 2 amide bonds. The van der Waals surface area contributed by atoms with E-state index in [4.69, 9.17) is 26.1 Å². The van der Waals surface area contributed by atoms with Gasteiger partial charge in [-0.2, -0.15) is 4.98 Å². The van der Waals surface area contributed by atoms with E-state index in [9.17, 15) is 9.59 Å². The van der Waals surface area contributed by atoms with Gasteiger partial charge in [0.05, 0.1) is 18.4 Å². The van der Waals surface area contributed by atoms with Crippen molar-refractivity contribution in [3.63, 3.8) is 0 Å². The molecule has 6 N–H and O–H groups in total. The summed E-state index contributed by atoms with van der Waals surface area (Å²) in [6.45, 7) is 1.58. The highest BCUT2D eigenvalue weighted by Gasteiger charge is 2.23. The number of para-hydroxylation sites is 1. The third kappa shape index (κ3) is 5.64. The second-order valence-electron chi connectivity index (χ2n) is 7.70. The first-order valence-electron chi connectivity index (χ1n) is 10.7. The molecule has 1 atom stereocenters. The van der Waals surface area contributed by atoms with E-state index in [0.717, 1.165) is 25.6 Å². The summed E-state index contributed by atoms with van der Waals surface area (Å²) in [5.74, 6) is -1.22. The lowest BCUT2D eigenvalue weighted by molar-refractivity contribution is -0.111. The number of hydrogen-bond acceptors (Lipinski definition) is 10. The van der Waals surface area contributed by atoms with Gasteiger partial charge in [-0.25, -0.2) is 4.99 Å². The van der Waals surface area contributed by atoms with Crippen molar-refractivity contribution < 1.29 is 18.8 Å². The smallest absolute Gasteiger partial charge is 0.316 e. The van der Waals surface area contributed by atoms with Crippen molar-refractivity contribution in [3.05, 3.63) is 36.4 Å². The number of carbonyl (C=O) groups excluding carboxylic acids is 2. The van der Waals surface area contributed by atoms with Gasteiger partial charge in [0.15, 0.2) is 5.75 Å². The minimum absolute atomic E-state index is 0.0495. The molecule has 1 unspecified atom stereocenters. The van der Waals surface area contributed by atoms with E-state index >= 15 is 0 Å². The van der Waals surface area contributed by atoms with E-state index in [2.05, 4.69) is 32.4 Å². The van der Waals surface area contributed by atoms with E-state index in [-0.39, 0.29) is 28.9 Å². The van der Waals surface area contributed by atoms with Crippen molar-refractivity contribution in [2.45, 2.75) is 25.3 Å². The van der Waals surface area contributed by atoms with E-state index < -0.39 is 17.5 Å². The fourth-order valence-electron chi connectivity index (χ4n) is 3.72. The van der Waals surface area contributed by atoms with Gasteiger partial charge in [0.1, 0.15) is 11.4 Å². The molecule has 0 saturated carbocycles. The molecule has 3 rings (SSSR count). The maximum absolute atomic E-state index is 12.5. The highest BCUT2D eigenvalue weighted by atomic mass is 16.5. The first kappa shape index (κ1) is 24.6. The maximum atomic E-state index is 12.5. The lowest BCUT2D eigenvalue weighted by Crippen LogP contribution is -2.31. The normalized spacial score (nSPS) is 16.6. The highest BCUT2D eigenvalue weighted by molar-refractivity contribution is 6.68. The molecular formula is C22H28N8O4. The van der Waals surface area contributed by atoms with Crippen LogP contribution in [0.3, 0.4) is 0 Å². The van der Waals surface area contributed by atoms with Crippen LogP contribution in [0.1, 0.15) is 29.9 Å². The van der Waals surface area contributed by atoms with Gasteiger partial charge in [0.25, 0.3) is 5.91 Å². The molecule has 1 saturated heterocycles. The van der Waals surface area contributed by atoms with Crippen LogP contribution in [0.5, 0.6) is 5.75 Å². The maximum Gasteiger partial charge on any atom is 0.316 e. The van der Waals surface area contributed by atoms with E-state index in [0.29, 0.717) is 18.2 Å². The van der Waals surface area contributed by atoms with Crippen LogP contribution >= 0.6 is 0 Å². The predicted octanol–water partition coefficient (Wildman–Crippen LogP) is 1.01. The van der Waals surface area contributed by atoms with Gasteiger partial charge in [0, 0.05) is 12.6 Å². The summed E-state index contributed by atoms with van der Waals surface area (Å²) in [5, 5.41) is 14.5. The number of methoxy groups -OCH3 is 1. The number of likely N-dealkylation sites (tertiary alicyclic amines) is 1. The monoisotopic (exact) mass is 468 g/mol. The van der Waals surface area contributed by atoms with Crippen molar-refractivity contribution in [2.24, 2.45) is 16.5 Å². The molecule has 12 heteroatoms. The molecule has 0 bridgehead atoms. The highest BCUT2D eigenvalue weighted by Crippen LogP contribution is 2.37. The zero-order valence-corrected chi connectivity index (χ0v) is 19.1. The molecule has 1 aromatic carbocycles. The second kappa shape index (κ2) is 11.2. The number of aromatic nitrogens is 2. The van der Waals surface area contributed by atoms with Crippen LogP contribution in [0.25, 0.3) is 11.4 Å². The average molecular weight is 469 g/mol. The summed E-state index contributed by atoms with van der Waals surface area (Å²) in [6, 6.07) is 5.39. The van der Waals surface area contributed by atoms with Crippen LogP contribution in [0.2, 0.25) is 0 Å². The lowest BCUT2D eigenvalue weighted by Gasteiger charge is -2.18. The SMILES string of the molecule is COc1c(N=C(/C=C\N)C(=N)C(N)=O)cccc1-c1noc(C(=O)NCCC2CCCN2C)n1. The molecule has 1 fully saturated rings. The molecule has 180 valence electrons. The summed E-state index contributed by atoms with van der Waals surface area (Å²) in [4.78, 5) is 34.6. The van der Waals surface area contributed by atoms with Crippen LogP contribution in [0.15, 0.2) is 40.0 Å². The number of amides is 2. The van der Waals surface area contributed by atoms with E-state index in [1.165, 1.54) is 19.6 Å². The Morgan fingerprint density at radius 1 is 1.44 bits per heavy atom. The molecule has 2 heterocycles. The second-order valence-corrected chi connectivity index (χ2v) is 7.70. The number of allylic oxidation sites excluding steroid dienone is 1. The average Bonchev–Trinajstić information content (AvgIpc) is 3.47. The number of benzene rings is 1. The quantitative estimate of drug-likeness (QED) is 0.372. The van der Waals surface area contributed by atoms with E-state index in [1.807, 2.05) is 0 Å². The zero-order valence-electron chi connectivity index (χ0n) is 19.1. The number of ether oxygens (including phenoxy) is 1. The number of nitrogens with two attached hydrogens (primary N) is 2. The molecule has 1 aliphatic heterocycles. The Hall–Kier alpha value is -4.06. The van der Waals surface area contributed by atoms with Crippen LogP contribution in [-0.2, 0) is 4.79 Å². The first-order valence-corrected chi connectivity index (χ1v) is 10.7. The van der Waals surface area contributed by atoms with Gasteiger partial charge < -0.3 is 30.9 Å². The van der Waals surface area contributed by atoms with Crippen LogP contribution < -0.4 is 21.5 Å². The fraction of sp³-hybridized carbons (Fsp3) is 0.364. The minimum atomic E-state index is -0.958. The third-order valence-corrected chi connectivity index (χ3v) is 5.49. The number of nitrogens with zero attached hydrogens (tertiary/aromatic N) is 4. The zero-order chi connectivity index (χ0) is 24.7. The largest absolute Gasteiger partial charge is 0.494 e. The Labute approximate surface area is 196 Å². The number of aliphatic imine (C=N–C) groups is 1. The van der Waals surface area contributed by atoms with Gasteiger partial charge >= 0.3 is 11.8 Å². The molecule has 2 aromatic rings. The summed E-state index contributed by atoms with van der Waals surface area (Å²) >= 11 is 0. The molecule has 1 aromatic heterocycles. The molecule has 12 nitrogen and oxygen atoms in total. The number of carbonyl (C=O) groups is 2. The minimum Gasteiger partial charge on any atom is -0.494 e. The van der Waals surface area contributed by atoms with Crippen molar-refractivity contribution in [1.29, 1.82) is 5.41 Å². The number of hydrogen-bond donors (Lipinski definition) is 4. The molecule has 1 aliphatic rings. The summed E-state index contributed by atoms with van der Waals surface area (Å²) in [7, 11) is 3.50. The Balaban J connectivity index is 1.80. The Bertz CT molecular complexity index is 1120. The Kier molecular flexibility index (Phi) is 8.09. The fourth-order valence-corrected chi connectivity index (χ4v) is 3.72. The summed E-state index contributed by atoms with van der Waals surface area (Å²) in [6.07, 6.45) is 5.55. The number of rotatable bonds is 10. The lowest BCUT2D eigenvalue weighted by atomic mass is 10.1. The van der Waals surface area contributed by atoms with Gasteiger partial charge in [-0.15, -0.1) is 0 Å². The van der Waals surface area contributed by atoms with Crippen LogP contribution in [0.4, 0.5) is 5.69 Å². The predicted molar refractivity (Wildman–Crippen MR) is 126 cm³/mol. The van der Waals surface area contributed by atoms with Crippen molar-refractivity contribution in [3.8, 4) is 17.1 Å². The van der Waals surface area contributed by atoms with Gasteiger partial charge in [-0.1, -0.05) is 11.2 Å². The van der Waals surface area contributed by atoms with Crippen molar-refractivity contribution in [2.75, 3.05) is 27.2 Å². The molecule has 34 heavy (non-hydrogen) atoms.